The molecule has 0 atom stereocenters. The fourth-order valence-electron chi connectivity index (χ4n) is 4.30. The molecule has 0 fully saturated rings. The third kappa shape index (κ3) is 3.66. The van der Waals surface area contributed by atoms with Gasteiger partial charge in [0.05, 0.1) is 17.6 Å². The average Bonchev–Trinajstić information content (AvgIpc) is 2.82. The predicted molar refractivity (Wildman–Crippen MR) is 123 cm³/mol. The summed E-state index contributed by atoms with van der Waals surface area (Å²) in [4.78, 5) is 0. The first-order chi connectivity index (χ1) is 13.1. The van der Waals surface area contributed by atoms with Crippen LogP contribution in [0, 0.1) is 46.3 Å². The van der Waals surface area contributed by atoms with Crippen LogP contribution in [0.15, 0.2) is 30.5 Å². The lowest BCUT2D eigenvalue weighted by atomic mass is 10.0. The molecule has 1 N–H and O–H groups in total. The van der Waals surface area contributed by atoms with Gasteiger partial charge >= 0.3 is 0 Å². The molecule has 0 saturated carbocycles. The van der Waals surface area contributed by atoms with Crippen LogP contribution in [0.4, 0.5) is 5.82 Å². The largest absolute Gasteiger partial charge is 0.368 e. The standard InChI is InChI=1S/C24H31N3S/c1-14(2)25-21-13-26(22-17(5)9-15(3)10-18(22)6)24(28)27(21)23-19(7)11-16(4)12-20(23)8/h9-14,25H,1-8H3. The lowest BCUT2D eigenvalue weighted by molar-refractivity contribution is 0.867. The molecule has 0 aliphatic carbocycles. The van der Waals surface area contributed by atoms with Gasteiger partial charge in [0.1, 0.15) is 5.82 Å². The quantitative estimate of drug-likeness (QED) is 0.500. The highest BCUT2D eigenvalue weighted by Gasteiger charge is 2.18. The van der Waals surface area contributed by atoms with E-state index in [-0.39, 0.29) is 0 Å². The Kier molecular flexibility index (Phi) is 5.53. The molecule has 0 aliphatic heterocycles. The van der Waals surface area contributed by atoms with E-state index < -0.39 is 0 Å². The van der Waals surface area contributed by atoms with E-state index in [2.05, 4.69) is 100 Å². The maximum Gasteiger partial charge on any atom is 0.190 e. The molecule has 0 saturated heterocycles. The van der Waals surface area contributed by atoms with E-state index in [1.807, 2.05) is 0 Å². The Morgan fingerprint density at radius 1 is 0.750 bits per heavy atom. The van der Waals surface area contributed by atoms with Crippen molar-refractivity contribution >= 4 is 18.0 Å². The molecule has 0 radical (unpaired) electrons. The van der Waals surface area contributed by atoms with E-state index >= 15 is 0 Å². The van der Waals surface area contributed by atoms with Crippen LogP contribution in [0.5, 0.6) is 0 Å². The summed E-state index contributed by atoms with van der Waals surface area (Å²) in [6, 6.07) is 9.20. The van der Waals surface area contributed by atoms with Crippen LogP contribution in [0.3, 0.4) is 0 Å². The number of hydrogen-bond donors (Lipinski definition) is 1. The molecule has 3 nitrogen and oxygen atoms in total. The van der Waals surface area contributed by atoms with Crippen molar-refractivity contribution in [1.82, 2.24) is 9.13 Å². The van der Waals surface area contributed by atoms with Gasteiger partial charge in [0.2, 0.25) is 0 Å². The molecule has 148 valence electrons. The minimum absolute atomic E-state index is 0.308. The lowest BCUT2D eigenvalue weighted by Crippen LogP contribution is -2.14. The van der Waals surface area contributed by atoms with Crippen molar-refractivity contribution in [3.63, 3.8) is 0 Å². The zero-order chi connectivity index (χ0) is 20.7. The zero-order valence-electron chi connectivity index (χ0n) is 18.3. The molecule has 4 heteroatoms. The molecular weight excluding hydrogens is 362 g/mol. The van der Waals surface area contributed by atoms with Crippen molar-refractivity contribution in [1.29, 1.82) is 0 Å². The predicted octanol–water partition coefficient (Wildman–Crippen LogP) is 6.67. The number of rotatable bonds is 4. The van der Waals surface area contributed by atoms with Gasteiger partial charge in [-0.2, -0.15) is 0 Å². The maximum atomic E-state index is 6.02. The summed E-state index contributed by atoms with van der Waals surface area (Å²) in [6.45, 7) is 17.2. The molecule has 0 amide bonds. The first-order valence-corrected chi connectivity index (χ1v) is 10.3. The summed E-state index contributed by atoms with van der Waals surface area (Å²) in [5.74, 6) is 1.02. The molecule has 1 aromatic heterocycles. The average molecular weight is 394 g/mol. The first-order valence-electron chi connectivity index (χ1n) is 9.87. The fourth-order valence-corrected chi connectivity index (χ4v) is 4.63. The molecule has 0 unspecified atom stereocenters. The van der Waals surface area contributed by atoms with Gasteiger partial charge < -0.3 is 5.32 Å². The van der Waals surface area contributed by atoms with Crippen molar-refractivity contribution in [2.75, 3.05) is 5.32 Å². The molecule has 0 aliphatic rings. The zero-order valence-corrected chi connectivity index (χ0v) is 19.1. The van der Waals surface area contributed by atoms with Crippen molar-refractivity contribution in [3.05, 3.63) is 68.6 Å². The Hall–Kier alpha value is -2.33. The highest BCUT2D eigenvalue weighted by molar-refractivity contribution is 7.71. The van der Waals surface area contributed by atoms with Gasteiger partial charge in [-0.25, -0.2) is 0 Å². The van der Waals surface area contributed by atoms with Gasteiger partial charge in [-0.3, -0.25) is 9.13 Å². The van der Waals surface area contributed by atoms with Crippen molar-refractivity contribution in [3.8, 4) is 11.4 Å². The SMILES string of the molecule is Cc1cc(C)c(-n2cc(NC(C)C)n(-c3c(C)cc(C)cc3C)c2=S)c(C)c1. The lowest BCUT2D eigenvalue weighted by Gasteiger charge is -2.17. The molecule has 2 aromatic carbocycles. The summed E-state index contributed by atoms with van der Waals surface area (Å²) in [5, 5.41) is 3.60. The Morgan fingerprint density at radius 2 is 1.18 bits per heavy atom. The topological polar surface area (TPSA) is 21.9 Å². The van der Waals surface area contributed by atoms with Gasteiger partial charge in [-0.15, -0.1) is 0 Å². The van der Waals surface area contributed by atoms with Crippen LogP contribution < -0.4 is 5.32 Å². The number of aromatic nitrogens is 2. The number of benzene rings is 2. The van der Waals surface area contributed by atoms with Crippen molar-refractivity contribution in [2.45, 2.75) is 61.4 Å². The van der Waals surface area contributed by atoms with Crippen LogP contribution in [0.2, 0.25) is 0 Å². The van der Waals surface area contributed by atoms with Gasteiger partial charge in [-0.05, 0) is 89.9 Å². The second-order valence-corrected chi connectivity index (χ2v) is 8.66. The van der Waals surface area contributed by atoms with Gasteiger partial charge in [0.15, 0.2) is 4.77 Å². The Bertz CT molecular complexity index is 1050. The fraction of sp³-hybridized carbons (Fsp3) is 0.375. The second-order valence-electron chi connectivity index (χ2n) is 8.30. The Labute approximate surface area is 174 Å². The summed E-state index contributed by atoms with van der Waals surface area (Å²) >= 11 is 6.02. The summed E-state index contributed by atoms with van der Waals surface area (Å²) in [7, 11) is 0. The second kappa shape index (κ2) is 7.59. The smallest absolute Gasteiger partial charge is 0.190 e. The molecule has 3 aromatic rings. The Morgan fingerprint density at radius 3 is 1.61 bits per heavy atom. The molecule has 28 heavy (non-hydrogen) atoms. The number of nitrogens with zero attached hydrogens (tertiary/aromatic N) is 2. The minimum Gasteiger partial charge on any atom is -0.368 e. The number of anilines is 1. The molecule has 0 spiro atoms. The molecule has 1 heterocycles. The summed E-state index contributed by atoms with van der Waals surface area (Å²) in [6.07, 6.45) is 2.14. The van der Waals surface area contributed by atoms with Crippen LogP contribution in [0.25, 0.3) is 11.4 Å². The van der Waals surface area contributed by atoms with E-state index in [0.717, 1.165) is 10.6 Å². The first kappa shape index (κ1) is 20.4. The number of nitrogens with one attached hydrogen (secondary N) is 1. The summed E-state index contributed by atoms with van der Waals surface area (Å²) < 4.78 is 5.13. The molecular formula is C24H31N3S. The highest BCUT2D eigenvalue weighted by atomic mass is 32.1. The van der Waals surface area contributed by atoms with Gasteiger partial charge in [0, 0.05) is 6.04 Å². The number of imidazole rings is 1. The van der Waals surface area contributed by atoms with E-state index in [4.69, 9.17) is 12.2 Å². The van der Waals surface area contributed by atoms with Crippen molar-refractivity contribution in [2.24, 2.45) is 0 Å². The third-order valence-corrected chi connectivity index (χ3v) is 5.44. The van der Waals surface area contributed by atoms with Crippen molar-refractivity contribution < 1.29 is 0 Å². The van der Waals surface area contributed by atoms with Crippen LogP contribution in [0.1, 0.15) is 47.2 Å². The third-order valence-electron chi connectivity index (χ3n) is 5.06. The molecule has 0 bridgehead atoms. The minimum atomic E-state index is 0.308. The monoisotopic (exact) mass is 393 g/mol. The van der Waals surface area contributed by atoms with Crippen LogP contribution >= 0.6 is 12.2 Å². The molecule has 3 rings (SSSR count). The summed E-state index contributed by atoms with van der Waals surface area (Å²) in [5.41, 5.74) is 9.82. The maximum absolute atomic E-state index is 6.02. The number of aryl methyl sites for hydroxylation is 6. The normalized spacial score (nSPS) is 11.3. The van der Waals surface area contributed by atoms with E-state index in [1.54, 1.807) is 0 Å². The van der Waals surface area contributed by atoms with E-state index in [1.165, 1.54) is 44.8 Å². The van der Waals surface area contributed by atoms with Crippen LogP contribution in [-0.2, 0) is 0 Å². The van der Waals surface area contributed by atoms with Gasteiger partial charge in [0.25, 0.3) is 0 Å². The highest BCUT2D eigenvalue weighted by Crippen LogP contribution is 2.30. The van der Waals surface area contributed by atoms with E-state index in [9.17, 15) is 0 Å². The van der Waals surface area contributed by atoms with Crippen LogP contribution in [-0.4, -0.2) is 15.2 Å². The number of hydrogen-bond acceptors (Lipinski definition) is 2. The Balaban J connectivity index is 2.36. The van der Waals surface area contributed by atoms with E-state index in [0.29, 0.717) is 6.04 Å². The van der Waals surface area contributed by atoms with Gasteiger partial charge in [-0.1, -0.05) is 35.4 Å².